The largest absolute Gasteiger partial charge is 0.489 e. The Bertz CT molecular complexity index is 919. The lowest BCUT2D eigenvalue weighted by Crippen LogP contribution is -2.30. The fourth-order valence-electron chi connectivity index (χ4n) is 3.00. The van der Waals surface area contributed by atoms with E-state index in [0.29, 0.717) is 17.9 Å². The van der Waals surface area contributed by atoms with E-state index in [1.807, 2.05) is 42.5 Å². The van der Waals surface area contributed by atoms with Crippen LogP contribution in [0.5, 0.6) is 5.75 Å². The van der Waals surface area contributed by atoms with E-state index in [2.05, 4.69) is 42.8 Å². The Morgan fingerprint density at radius 1 is 1.17 bits per heavy atom. The Morgan fingerprint density at radius 2 is 1.97 bits per heavy atom. The van der Waals surface area contributed by atoms with Gasteiger partial charge in [-0.15, -0.1) is 6.58 Å². The second-order valence-electron chi connectivity index (χ2n) is 6.63. The average Bonchev–Trinajstić information content (AvgIpc) is 3.07. The number of anilines is 1. The summed E-state index contributed by atoms with van der Waals surface area (Å²) in [7, 11) is 0. The molecule has 1 amide bonds. The van der Waals surface area contributed by atoms with Gasteiger partial charge >= 0.3 is 0 Å². The highest BCUT2D eigenvalue weighted by atomic mass is 32.2. The number of benzene rings is 2. The van der Waals surface area contributed by atoms with Gasteiger partial charge in [0.2, 0.25) is 0 Å². The number of rotatable bonds is 9. The van der Waals surface area contributed by atoms with E-state index in [1.54, 1.807) is 6.08 Å². The molecule has 2 aromatic rings. The topological polar surface area (TPSA) is 50.4 Å². The molecule has 3 rings (SSSR count). The molecule has 0 radical (unpaired) electrons. The van der Waals surface area contributed by atoms with Crippen LogP contribution < -0.4 is 15.4 Å². The van der Waals surface area contributed by atoms with Crippen molar-refractivity contribution in [3.05, 3.63) is 89.4 Å². The van der Waals surface area contributed by atoms with E-state index < -0.39 is 0 Å². The summed E-state index contributed by atoms with van der Waals surface area (Å²) in [5.41, 5.74) is 4.07. The minimum absolute atomic E-state index is 0.0741. The summed E-state index contributed by atoms with van der Waals surface area (Å²) in [4.78, 5) is 13.1. The van der Waals surface area contributed by atoms with Crippen molar-refractivity contribution in [1.29, 1.82) is 0 Å². The third-order valence-electron chi connectivity index (χ3n) is 4.49. The summed E-state index contributed by atoms with van der Waals surface area (Å²) in [5, 5.41) is 6.32. The van der Waals surface area contributed by atoms with Crippen LogP contribution in [0.1, 0.15) is 23.6 Å². The lowest BCUT2D eigenvalue weighted by atomic mass is 10.1. The summed E-state index contributed by atoms with van der Waals surface area (Å²) in [5.74, 6) is 0.737. The zero-order valence-corrected chi connectivity index (χ0v) is 17.4. The summed E-state index contributed by atoms with van der Waals surface area (Å²) < 4.78 is 5.70. The number of nitrogens with one attached hydrogen (secondary N) is 2. The van der Waals surface area contributed by atoms with Crippen LogP contribution in [0.15, 0.2) is 72.7 Å². The molecule has 0 saturated carbocycles. The number of aryl methyl sites for hydroxylation is 1. The molecule has 29 heavy (non-hydrogen) atoms. The minimum Gasteiger partial charge on any atom is -0.489 e. The highest BCUT2D eigenvalue weighted by molar-refractivity contribution is 8.05. The molecule has 2 aromatic carbocycles. The van der Waals surface area contributed by atoms with Gasteiger partial charge in [0, 0.05) is 5.69 Å². The number of ether oxygens (including phenoxy) is 1. The Morgan fingerprint density at radius 3 is 2.66 bits per heavy atom. The van der Waals surface area contributed by atoms with Gasteiger partial charge in [-0.05, 0) is 59.9 Å². The molecular weight excluding hydrogens is 380 g/mol. The standard InChI is InChI=1S/C24H26N2O2S/c1-4-7-19-15-18(10-13-21(19)28-14-5-2)16-22-23(27)26-24(29-22)25-20-11-8-17(6-3)9-12-20/h4-5,8-13,15-16,24-25H,1-2,6-7,14H2,3H3,(H,26,27)/b22-16-/t24-/m0/s1. The third kappa shape index (κ3) is 5.55. The maximum atomic E-state index is 12.4. The molecule has 2 N–H and O–H groups in total. The van der Waals surface area contributed by atoms with Gasteiger partial charge in [0.1, 0.15) is 12.4 Å². The first-order chi connectivity index (χ1) is 14.1. The molecule has 0 spiro atoms. The van der Waals surface area contributed by atoms with Crippen molar-refractivity contribution in [2.75, 3.05) is 11.9 Å². The van der Waals surface area contributed by atoms with Gasteiger partial charge in [-0.1, -0.05) is 55.6 Å². The minimum atomic E-state index is -0.191. The molecule has 150 valence electrons. The van der Waals surface area contributed by atoms with Gasteiger partial charge in [0.05, 0.1) is 4.91 Å². The van der Waals surface area contributed by atoms with E-state index in [9.17, 15) is 4.79 Å². The first-order valence-corrected chi connectivity index (χ1v) is 10.5. The van der Waals surface area contributed by atoms with E-state index in [4.69, 9.17) is 4.74 Å². The Balaban J connectivity index is 1.72. The molecule has 0 aromatic heterocycles. The van der Waals surface area contributed by atoms with Crippen molar-refractivity contribution in [2.24, 2.45) is 0 Å². The highest BCUT2D eigenvalue weighted by Gasteiger charge is 2.27. The van der Waals surface area contributed by atoms with Crippen LogP contribution >= 0.6 is 11.8 Å². The number of hydrogen-bond donors (Lipinski definition) is 2. The molecular formula is C24H26N2O2S. The zero-order chi connectivity index (χ0) is 20.6. The predicted octanol–water partition coefficient (Wildman–Crippen LogP) is 5.14. The second-order valence-corrected chi connectivity index (χ2v) is 7.78. The first kappa shape index (κ1) is 20.8. The SMILES string of the molecule is C=CCOc1ccc(/C=C2\S[C@@H](Nc3ccc(CC)cc3)NC2=O)cc1CC=C. The van der Waals surface area contributed by atoms with Crippen molar-refractivity contribution in [3.63, 3.8) is 0 Å². The van der Waals surface area contributed by atoms with Gasteiger partial charge in [0.25, 0.3) is 5.91 Å². The molecule has 0 bridgehead atoms. The number of allylic oxidation sites excluding steroid dienone is 1. The lowest BCUT2D eigenvalue weighted by Gasteiger charge is -2.13. The maximum Gasteiger partial charge on any atom is 0.260 e. The van der Waals surface area contributed by atoms with Crippen LogP contribution in [-0.4, -0.2) is 18.0 Å². The fourth-order valence-corrected chi connectivity index (χ4v) is 3.98. The van der Waals surface area contributed by atoms with Crippen LogP contribution in [0.25, 0.3) is 6.08 Å². The van der Waals surface area contributed by atoms with Crippen molar-refractivity contribution in [1.82, 2.24) is 5.32 Å². The molecule has 1 aliphatic rings. The quantitative estimate of drug-likeness (QED) is 0.447. The summed E-state index contributed by atoms with van der Waals surface area (Å²) in [6.07, 6.45) is 7.17. The van der Waals surface area contributed by atoms with Crippen molar-refractivity contribution >= 4 is 29.4 Å². The number of amides is 1. The lowest BCUT2D eigenvalue weighted by molar-refractivity contribution is -0.116. The third-order valence-corrected chi connectivity index (χ3v) is 5.52. The summed E-state index contributed by atoms with van der Waals surface area (Å²) in [6, 6.07) is 14.2. The number of hydrogen-bond acceptors (Lipinski definition) is 4. The average molecular weight is 407 g/mol. The Labute approximate surface area is 176 Å². The second kappa shape index (κ2) is 10.0. The Hall–Kier alpha value is -2.92. The van der Waals surface area contributed by atoms with Crippen molar-refractivity contribution in [2.45, 2.75) is 25.3 Å². The summed E-state index contributed by atoms with van der Waals surface area (Å²) in [6.45, 7) is 10.1. The molecule has 1 aliphatic heterocycles. The van der Waals surface area contributed by atoms with E-state index >= 15 is 0 Å². The van der Waals surface area contributed by atoms with Crippen molar-refractivity contribution in [3.8, 4) is 5.75 Å². The van der Waals surface area contributed by atoms with Crippen LogP contribution in [0.4, 0.5) is 5.69 Å². The smallest absolute Gasteiger partial charge is 0.260 e. The van der Waals surface area contributed by atoms with Crippen molar-refractivity contribution < 1.29 is 9.53 Å². The van der Waals surface area contributed by atoms with Crippen LogP contribution in [-0.2, 0) is 17.6 Å². The van der Waals surface area contributed by atoms with E-state index in [-0.39, 0.29) is 11.4 Å². The molecule has 5 heteroatoms. The molecule has 0 unspecified atom stereocenters. The predicted molar refractivity (Wildman–Crippen MR) is 123 cm³/mol. The van der Waals surface area contributed by atoms with Gasteiger partial charge in [-0.25, -0.2) is 0 Å². The zero-order valence-electron chi connectivity index (χ0n) is 16.6. The molecule has 4 nitrogen and oxygen atoms in total. The maximum absolute atomic E-state index is 12.4. The molecule has 1 atom stereocenters. The summed E-state index contributed by atoms with van der Waals surface area (Å²) >= 11 is 1.48. The highest BCUT2D eigenvalue weighted by Crippen LogP contribution is 2.31. The fraction of sp³-hybridized carbons (Fsp3) is 0.208. The van der Waals surface area contributed by atoms with Gasteiger partial charge in [-0.3, -0.25) is 4.79 Å². The molecule has 0 aliphatic carbocycles. The Kier molecular flexibility index (Phi) is 7.19. The van der Waals surface area contributed by atoms with Crippen LogP contribution in [0.2, 0.25) is 0 Å². The van der Waals surface area contributed by atoms with Crippen LogP contribution in [0, 0.1) is 0 Å². The van der Waals surface area contributed by atoms with Gasteiger partial charge < -0.3 is 15.4 Å². The van der Waals surface area contributed by atoms with E-state index in [0.717, 1.165) is 29.0 Å². The van der Waals surface area contributed by atoms with Gasteiger partial charge in [0.15, 0.2) is 5.50 Å². The van der Waals surface area contributed by atoms with Crippen LogP contribution in [0.3, 0.4) is 0 Å². The van der Waals surface area contributed by atoms with E-state index in [1.165, 1.54) is 17.3 Å². The monoisotopic (exact) mass is 406 g/mol. The number of carbonyl (C=O) groups excluding carboxylic acids is 1. The number of carbonyl (C=O) groups is 1. The van der Waals surface area contributed by atoms with Gasteiger partial charge in [-0.2, -0.15) is 0 Å². The molecule has 1 heterocycles. The molecule has 1 saturated heterocycles. The first-order valence-electron chi connectivity index (χ1n) is 9.65. The normalized spacial score (nSPS) is 17.1. The number of thioether (sulfide) groups is 1. The molecule has 1 fully saturated rings.